The van der Waals surface area contributed by atoms with Gasteiger partial charge in [0.25, 0.3) is 0 Å². The molecule has 0 saturated carbocycles. The number of aromatic nitrogens is 2. The maximum Gasteiger partial charge on any atom is 0.243 e. The molecule has 2 aromatic heterocycles. The molecule has 1 aliphatic rings. The topological polar surface area (TPSA) is 97.3 Å². The molecule has 4 rings (SSSR count). The van der Waals surface area contributed by atoms with E-state index in [1.165, 1.54) is 0 Å². The number of hydrogen-bond acceptors (Lipinski definition) is 6. The molecule has 3 heterocycles. The van der Waals surface area contributed by atoms with Gasteiger partial charge in [-0.2, -0.15) is 4.98 Å². The van der Waals surface area contributed by atoms with Crippen molar-refractivity contribution in [3.63, 3.8) is 0 Å². The Morgan fingerprint density at radius 1 is 1.28 bits per heavy atom. The summed E-state index contributed by atoms with van der Waals surface area (Å²) in [4.78, 5) is 23.5. The lowest BCUT2D eigenvalue weighted by Gasteiger charge is -2.24. The molecule has 1 saturated heterocycles. The molecule has 1 aromatic carbocycles. The lowest BCUT2D eigenvalue weighted by atomic mass is 10.2. The van der Waals surface area contributed by atoms with Crippen molar-refractivity contribution in [3.8, 4) is 0 Å². The smallest absolute Gasteiger partial charge is 0.243 e. The minimum Gasteiger partial charge on any atom is -0.467 e. The summed E-state index contributed by atoms with van der Waals surface area (Å²) < 4.78 is 5.25. The van der Waals surface area contributed by atoms with Crippen molar-refractivity contribution in [1.29, 1.82) is 0 Å². The van der Waals surface area contributed by atoms with Crippen LogP contribution in [0.15, 0.2) is 47.1 Å². The van der Waals surface area contributed by atoms with Crippen LogP contribution in [0.4, 0.5) is 11.8 Å². The molecule has 1 amide bonds. The molecule has 3 N–H and O–H groups in total. The average molecular weight is 337 g/mol. The van der Waals surface area contributed by atoms with Crippen LogP contribution in [0.1, 0.15) is 18.6 Å². The van der Waals surface area contributed by atoms with Gasteiger partial charge in [0, 0.05) is 11.9 Å². The fraction of sp³-hybridized carbons (Fsp3) is 0.278. The van der Waals surface area contributed by atoms with E-state index in [4.69, 9.17) is 10.2 Å². The highest BCUT2D eigenvalue weighted by molar-refractivity contribution is 5.90. The van der Waals surface area contributed by atoms with Gasteiger partial charge in [0.15, 0.2) is 0 Å². The minimum absolute atomic E-state index is 0.0516. The van der Waals surface area contributed by atoms with E-state index in [9.17, 15) is 4.79 Å². The molecule has 3 aromatic rings. The van der Waals surface area contributed by atoms with Crippen LogP contribution >= 0.6 is 0 Å². The van der Waals surface area contributed by atoms with E-state index in [1.54, 1.807) is 12.3 Å². The van der Waals surface area contributed by atoms with E-state index in [0.717, 1.165) is 36.0 Å². The number of nitrogens with zero attached hydrogens (tertiary/aromatic N) is 3. The number of hydrogen-bond donors (Lipinski definition) is 2. The average Bonchev–Trinajstić information content (AvgIpc) is 3.31. The Hall–Kier alpha value is -3.09. The van der Waals surface area contributed by atoms with E-state index in [2.05, 4.69) is 15.3 Å². The molecule has 0 bridgehead atoms. The monoisotopic (exact) mass is 337 g/mol. The van der Waals surface area contributed by atoms with E-state index in [1.807, 2.05) is 35.2 Å². The molecular formula is C18H19N5O2. The van der Waals surface area contributed by atoms with Crippen LogP contribution < -0.4 is 16.0 Å². The van der Waals surface area contributed by atoms with Crippen molar-refractivity contribution in [2.45, 2.75) is 25.4 Å². The Bertz CT molecular complexity index is 894. The van der Waals surface area contributed by atoms with Crippen LogP contribution in [0.2, 0.25) is 0 Å². The fourth-order valence-electron chi connectivity index (χ4n) is 3.20. The highest BCUT2D eigenvalue weighted by atomic mass is 16.3. The first-order valence-electron chi connectivity index (χ1n) is 8.31. The third-order valence-electron chi connectivity index (χ3n) is 4.45. The van der Waals surface area contributed by atoms with Crippen LogP contribution in [-0.4, -0.2) is 28.5 Å². The number of carbonyl (C=O) groups is 1. The Balaban J connectivity index is 1.55. The Morgan fingerprint density at radius 3 is 3.00 bits per heavy atom. The summed E-state index contributed by atoms with van der Waals surface area (Å²) in [7, 11) is 0. The third kappa shape index (κ3) is 3.00. The summed E-state index contributed by atoms with van der Waals surface area (Å²) in [6.07, 6.45) is 3.27. The van der Waals surface area contributed by atoms with Gasteiger partial charge in [-0.1, -0.05) is 12.1 Å². The largest absolute Gasteiger partial charge is 0.467 e. The second-order valence-corrected chi connectivity index (χ2v) is 6.07. The quantitative estimate of drug-likeness (QED) is 0.756. The number of amides is 1. The minimum atomic E-state index is -0.296. The Kier molecular flexibility index (Phi) is 3.97. The molecule has 7 nitrogen and oxygen atoms in total. The molecule has 0 unspecified atom stereocenters. The number of furan rings is 1. The number of fused-ring (bicyclic) bond motifs is 1. The summed E-state index contributed by atoms with van der Waals surface area (Å²) in [6.45, 7) is 1.10. The van der Waals surface area contributed by atoms with E-state index >= 15 is 0 Å². The maximum absolute atomic E-state index is 12.6. The highest BCUT2D eigenvalue weighted by Crippen LogP contribution is 2.26. The Labute approximate surface area is 144 Å². The van der Waals surface area contributed by atoms with Crippen molar-refractivity contribution in [2.75, 3.05) is 17.2 Å². The lowest BCUT2D eigenvalue weighted by Crippen LogP contribution is -2.43. The number of anilines is 2. The van der Waals surface area contributed by atoms with Crippen LogP contribution in [0.25, 0.3) is 10.9 Å². The van der Waals surface area contributed by atoms with Gasteiger partial charge < -0.3 is 20.4 Å². The molecule has 0 aliphatic carbocycles. The van der Waals surface area contributed by atoms with Gasteiger partial charge in [0.1, 0.15) is 17.6 Å². The molecule has 1 atom stereocenters. The molecular weight excluding hydrogens is 318 g/mol. The molecule has 0 spiro atoms. The number of nitrogens with two attached hydrogens (primary N) is 1. The van der Waals surface area contributed by atoms with Gasteiger partial charge in [-0.3, -0.25) is 4.79 Å². The van der Waals surface area contributed by atoms with Crippen molar-refractivity contribution in [3.05, 3.63) is 48.4 Å². The van der Waals surface area contributed by atoms with E-state index in [-0.39, 0.29) is 11.9 Å². The lowest BCUT2D eigenvalue weighted by molar-refractivity contribution is -0.122. The number of benzene rings is 1. The number of rotatable bonds is 4. The van der Waals surface area contributed by atoms with Crippen molar-refractivity contribution < 1.29 is 9.21 Å². The predicted octanol–water partition coefficient (Wildman–Crippen LogP) is 2.09. The van der Waals surface area contributed by atoms with Gasteiger partial charge in [-0.15, -0.1) is 0 Å². The SMILES string of the molecule is Nc1nc(N2CCC[C@@H]2C(=O)NCc2ccco2)nc2ccccc12. The van der Waals surface area contributed by atoms with Crippen LogP contribution in [0.3, 0.4) is 0 Å². The summed E-state index contributed by atoms with van der Waals surface area (Å²) in [6, 6.07) is 11.0. The summed E-state index contributed by atoms with van der Waals surface area (Å²) in [5, 5.41) is 3.74. The molecule has 128 valence electrons. The van der Waals surface area contributed by atoms with Gasteiger partial charge >= 0.3 is 0 Å². The molecule has 1 aliphatic heterocycles. The second kappa shape index (κ2) is 6.43. The van der Waals surface area contributed by atoms with Crippen molar-refractivity contribution in [2.24, 2.45) is 0 Å². The van der Waals surface area contributed by atoms with Crippen LogP contribution in [0.5, 0.6) is 0 Å². The first-order chi connectivity index (χ1) is 12.2. The molecule has 1 fully saturated rings. The zero-order chi connectivity index (χ0) is 17.2. The molecule has 25 heavy (non-hydrogen) atoms. The zero-order valence-corrected chi connectivity index (χ0v) is 13.7. The Morgan fingerprint density at radius 2 is 2.16 bits per heavy atom. The first kappa shape index (κ1) is 15.4. The van der Waals surface area contributed by atoms with E-state index < -0.39 is 0 Å². The second-order valence-electron chi connectivity index (χ2n) is 6.07. The van der Waals surface area contributed by atoms with Crippen LogP contribution in [0, 0.1) is 0 Å². The first-order valence-corrected chi connectivity index (χ1v) is 8.31. The van der Waals surface area contributed by atoms with Crippen LogP contribution in [-0.2, 0) is 11.3 Å². The predicted molar refractivity (Wildman–Crippen MR) is 94.9 cm³/mol. The number of para-hydroxylation sites is 1. The van der Waals surface area contributed by atoms with E-state index in [0.29, 0.717) is 18.3 Å². The molecule has 0 radical (unpaired) electrons. The van der Waals surface area contributed by atoms with Gasteiger partial charge in [-0.25, -0.2) is 4.98 Å². The summed E-state index contributed by atoms with van der Waals surface area (Å²) >= 11 is 0. The fourth-order valence-corrected chi connectivity index (χ4v) is 3.20. The molecule has 7 heteroatoms. The zero-order valence-electron chi connectivity index (χ0n) is 13.7. The summed E-state index contributed by atoms with van der Waals surface area (Å²) in [5.74, 6) is 1.61. The standard InChI is InChI=1S/C18H19N5O2/c19-16-13-6-1-2-7-14(13)21-18(22-16)23-9-3-8-15(23)17(24)20-11-12-5-4-10-25-12/h1-2,4-7,10,15H,3,8-9,11H2,(H,20,24)(H2,19,21,22)/t15-/m1/s1. The van der Waals surface area contributed by atoms with Crippen molar-refractivity contribution >= 4 is 28.6 Å². The normalized spacial score (nSPS) is 17.1. The highest BCUT2D eigenvalue weighted by Gasteiger charge is 2.32. The maximum atomic E-state index is 12.6. The van der Waals surface area contributed by atoms with Gasteiger partial charge in [0.05, 0.1) is 18.3 Å². The number of nitrogen functional groups attached to an aromatic ring is 1. The van der Waals surface area contributed by atoms with Gasteiger partial charge in [-0.05, 0) is 37.1 Å². The summed E-state index contributed by atoms with van der Waals surface area (Å²) in [5.41, 5.74) is 6.86. The number of nitrogens with one attached hydrogen (secondary N) is 1. The van der Waals surface area contributed by atoms with Crippen molar-refractivity contribution in [1.82, 2.24) is 15.3 Å². The third-order valence-corrected chi connectivity index (χ3v) is 4.45. The number of carbonyl (C=O) groups excluding carboxylic acids is 1. The van der Waals surface area contributed by atoms with Gasteiger partial charge in [0.2, 0.25) is 11.9 Å².